The highest BCUT2D eigenvalue weighted by Gasteiger charge is 2.30. The smallest absolute Gasteiger partial charge is 0.322 e. The Hall–Kier alpha value is -1.68. The van der Waals surface area contributed by atoms with E-state index in [2.05, 4.69) is 4.72 Å². The molecule has 1 aliphatic heterocycles. The molecule has 1 aliphatic rings. The Balaban J connectivity index is 2.06. The molecule has 128 valence electrons. The Morgan fingerprint density at radius 3 is 2.48 bits per heavy atom. The van der Waals surface area contributed by atoms with Crippen LogP contribution in [0.5, 0.6) is 5.75 Å². The van der Waals surface area contributed by atoms with Gasteiger partial charge in [0.1, 0.15) is 11.8 Å². The van der Waals surface area contributed by atoms with Crippen molar-refractivity contribution < 1.29 is 27.8 Å². The van der Waals surface area contributed by atoms with Crippen LogP contribution in [0, 0.1) is 0 Å². The van der Waals surface area contributed by atoms with Gasteiger partial charge in [0.05, 0.1) is 20.3 Å². The van der Waals surface area contributed by atoms with Gasteiger partial charge in [-0.25, -0.2) is 0 Å². The molecular formula is C14H20N2O6S. The van der Waals surface area contributed by atoms with Gasteiger partial charge in [0.2, 0.25) is 0 Å². The van der Waals surface area contributed by atoms with Gasteiger partial charge in [-0.1, -0.05) is 12.1 Å². The molecule has 0 aromatic heterocycles. The van der Waals surface area contributed by atoms with E-state index in [-0.39, 0.29) is 19.5 Å². The van der Waals surface area contributed by atoms with E-state index < -0.39 is 22.2 Å². The normalized spacial score (nSPS) is 17.6. The summed E-state index contributed by atoms with van der Waals surface area (Å²) in [5.41, 5.74) is 0.697. The SMILES string of the molecule is COc1ccc(C[C@H](NS(=O)(=O)N2CCOCC2)C(=O)O)cc1. The first-order valence-electron chi connectivity index (χ1n) is 7.13. The molecule has 0 unspecified atom stereocenters. The highest BCUT2D eigenvalue weighted by atomic mass is 32.2. The van der Waals surface area contributed by atoms with Crippen molar-refractivity contribution in [2.45, 2.75) is 12.5 Å². The number of carbonyl (C=O) groups is 1. The van der Waals surface area contributed by atoms with Crippen molar-refractivity contribution in [3.63, 3.8) is 0 Å². The van der Waals surface area contributed by atoms with Crippen molar-refractivity contribution in [3.05, 3.63) is 29.8 Å². The number of hydrogen-bond acceptors (Lipinski definition) is 5. The number of nitrogens with zero attached hydrogens (tertiary/aromatic N) is 1. The van der Waals surface area contributed by atoms with Crippen LogP contribution in [0.4, 0.5) is 0 Å². The molecule has 8 nitrogen and oxygen atoms in total. The van der Waals surface area contributed by atoms with Gasteiger partial charge in [-0.05, 0) is 24.1 Å². The Morgan fingerprint density at radius 2 is 1.96 bits per heavy atom. The molecule has 2 rings (SSSR count). The predicted octanol–water partition coefficient (Wildman–Crippen LogP) is -0.142. The first-order chi connectivity index (χ1) is 10.9. The first kappa shape index (κ1) is 17.7. The predicted molar refractivity (Wildman–Crippen MR) is 82.6 cm³/mol. The highest BCUT2D eigenvalue weighted by molar-refractivity contribution is 7.87. The summed E-state index contributed by atoms with van der Waals surface area (Å²) in [5, 5.41) is 9.30. The van der Waals surface area contributed by atoms with E-state index in [0.717, 1.165) is 0 Å². The zero-order valence-electron chi connectivity index (χ0n) is 12.8. The van der Waals surface area contributed by atoms with Gasteiger partial charge in [0.15, 0.2) is 0 Å². The Morgan fingerprint density at radius 1 is 1.35 bits per heavy atom. The summed E-state index contributed by atoms with van der Waals surface area (Å²) >= 11 is 0. The number of aliphatic carboxylic acids is 1. The molecule has 1 saturated heterocycles. The average Bonchev–Trinajstić information content (AvgIpc) is 2.55. The summed E-state index contributed by atoms with van der Waals surface area (Å²) < 4.78 is 38.1. The third-order valence-electron chi connectivity index (χ3n) is 3.50. The summed E-state index contributed by atoms with van der Waals surface area (Å²) in [5.74, 6) is -0.577. The molecule has 0 aliphatic carbocycles. The monoisotopic (exact) mass is 344 g/mol. The molecule has 1 fully saturated rings. The number of morpholine rings is 1. The van der Waals surface area contributed by atoms with E-state index in [1.807, 2.05) is 0 Å². The van der Waals surface area contributed by atoms with Crippen molar-refractivity contribution in [1.82, 2.24) is 9.03 Å². The molecule has 23 heavy (non-hydrogen) atoms. The largest absolute Gasteiger partial charge is 0.497 e. The maximum Gasteiger partial charge on any atom is 0.322 e. The third kappa shape index (κ3) is 4.90. The third-order valence-corrected chi connectivity index (χ3v) is 5.13. The molecular weight excluding hydrogens is 324 g/mol. The molecule has 1 aromatic carbocycles. The molecule has 0 bridgehead atoms. The zero-order valence-corrected chi connectivity index (χ0v) is 13.6. The molecule has 1 atom stereocenters. The molecule has 0 saturated carbocycles. The van der Waals surface area contributed by atoms with Crippen molar-refractivity contribution in [1.29, 1.82) is 0 Å². The molecule has 0 spiro atoms. The van der Waals surface area contributed by atoms with Crippen LogP contribution in [0.2, 0.25) is 0 Å². The van der Waals surface area contributed by atoms with Crippen LogP contribution in [-0.2, 0) is 26.2 Å². The van der Waals surface area contributed by atoms with Crippen LogP contribution in [0.1, 0.15) is 5.56 Å². The lowest BCUT2D eigenvalue weighted by atomic mass is 10.1. The maximum absolute atomic E-state index is 12.3. The van der Waals surface area contributed by atoms with Crippen LogP contribution in [-0.4, -0.2) is 63.3 Å². The van der Waals surface area contributed by atoms with E-state index in [9.17, 15) is 18.3 Å². The van der Waals surface area contributed by atoms with E-state index in [1.165, 1.54) is 11.4 Å². The van der Waals surface area contributed by atoms with Crippen molar-refractivity contribution in [3.8, 4) is 5.75 Å². The van der Waals surface area contributed by atoms with Crippen molar-refractivity contribution in [2.75, 3.05) is 33.4 Å². The van der Waals surface area contributed by atoms with Crippen LogP contribution in [0.15, 0.2) is 24.3 Å². The van der Waals surface area contributed by atoms with Gasteiger partial charge in [-0.15, -0.1) is 0 Å². The zero-order chi connectivity index (χ0) is 16.9. The minimum absolute atomic E-state index is 0.0445. The number of ether oxygens (including phenoxy) is 2. The fourth-order valence-electron chi connectivity index (χ4n) is 2.22. The van der Waals surface area contributed by atoms with Crippen LogP contribution >= 0.6 is 0 Å². The second-order valence-corrected chi connectivity index (χ2v) is 6.78. The second-order valence-electron chi connectivity index (χ2n) is 5.08. The number of methoxy groups -OCH3 is 1. The van der Waals surface area contributed by atoms with Crippen LogP contribution < -0.4 is 9.46 Å². The van der Waals surface area contributed by atoms with E-state index in [1.54, 1.807) is 24.3 Å². The summed E-state index contributed by atoms with van der Waals surface area (Å²) in [4.78, 5) is 11.4. The maximum atomic E-state index is 12.3. The molecule has 9 heteroatoms. The minimum atomic E-state index is -3.86. The summed E-state index contributed by atoms with van der Waals surface area (Å²) in [6.07, 6.45) is 0.0445. The first-order valence-corrected chi connectivity index (χ1v) is 8.57. The van der Waals surface area contributed by atoms with Crippen LogP contribution in [0.25, 0.3) is 0 Å². The molecule has 0 radical (unpaired) electrons. The van der Waals surface area contributed by atoms with Gasteiger partial charge >= 0.3 is 5.97 Å². The quantitative estimate of drug-likeness (QED) is 0.713. The summed E-state index contributed by atoms with van der Waals surface area (Å²) in [6, 6.07) is 5.57. The Labute approximate surface area is 135 Å². The van der Waals surface area contributed by atoms with Gasteiger partial charge in [-0.2, -0.15) is 17.4 Å². The van der Waals surface area contributed by atoms with Crippen LogP contribution in [0.3, 0.4) is 0 Å². The van der Waals surface area contributed by atoms with Gasteiger partial charge < -0.3 is 14.6 Å². The van der Waals surface area contributed by atoms with Gasteiger partial charge in [0.25, 0.3) is 10.2 Å². The fourth-order valence-corrected chi connectivity index (χ4v) is 3.54. The lowest BCUT2D eigenvalue weighted by molar-refractivity contribution is -0.138. The van der Waals surface area contributed by atoms with Gasteiger partial charge in [-0.3, -0.25) is 4.79 Å². The molecule has 1 aromatic rings. The summed E-state index contributed by atoms with van der Waals surface area (Å²) in [7, 11) is -2.33. The molecule has 0 amide bonds. The second kappa shape index (κ2) is 7.73. The number of carboxylic acids is 1. The van der Waals surface area contributed by atoms with Crippen molar-refractivity contribution in [2.24, 2.45) is 0 Å². The lowest BCUT2D eigenvalue weighted by Crippen LogP contribution is -2.52. The number of nitrogens with one attached hydrogen (secondary N) is 1. The number of hydrogen-bond donors (Lipinski definition) is 2. The highest BCUT2D eigenvalue weighted by Crippen LogP contribution is 2.13. The number of carboxylic acid groups (broad SMARTS) is 1. The van der Waals surface area contributed by atoms with Gasteiger partial charge in [0, 0.05) is 13.1 Å². The van der Waals surface area contributed by atoms with E-state index >= 15 is 0 Å². The Kier molecular flexibility index (Phi) is 5.94. The molecule has 2 N–H and O–H groups in total. The van der Waals surface area contributed by atoms with E-state index in [0.29, 0.717) is 24.5 Å². The van der Waals surface area contributed by atoms with E-state index in [4.69, 9.17) is 9.47 Å². The molecule has 1 heterocycles. The number of rotatable bonds is 7. The topological polar surface area (TPSA) is 105 Å². The Bertz CT molecular complexity index is 625. The number of benzene rings is 1. The standard InChI is InChI=1S/C14H20N2O6S/c1-21-12-4-2-11(3-5-12)10-13(14(17)18)15-23(19,20)16-6-8-22-9-7-16/h2-5,13,15H,6-10H2,1H3,(H,17,18)/t13-/m0/s1. The minimum Gasteiger partial charge on any atom is -0.497 e. The average molecular weight is 344 g/mol. The summed E-state index contributed by atoms with van der Waals surface area (Å²) in [6.45, 7) is 1.03. The lowest BCUT2D eigenvalue weighted by Gasteiger charge is -2.27. The van der Waals surface area contributed by atoms with Crippen molar-refractivity contribution >= 4 is 16.2 Å². The fraction of sp³-hybridized carbons (Fsp3) is 0.500.